The number of hydrogen-bond acceptors (Lipinski definition) is 19. The maximum absolute atomic E-state index is 14.9. The van der Waals surface area contributed by atoms with Crippen LogP contribution in [0.1, 0.15) is 53.0 Å². The van der Waals surface area contributed by atoms with Gasteiger partial charge in [-0.15, -0.1) is 0 Å². The highest BCUT2D eigenvalue weighted by molar-refractivity contribution is 7.52. The number of para-hydroxylation sites is 2. The molecule has 0 saturated carbocycles. The molecule has 0 radical (unpaired) electrons. The van der Waals surface area contributed by atoms with Gasteiger partial charge >= 0.3 is 50.7 Å². The lowest BCUT2D eigenvalue weighted by atomic mass is 10.1. The third-order valence-corrected chi connectivity index (χ3v) is 13.9. The molecule has 24 nitrogen and oxygen atoms in total. The Labute approximate surface area is 419 Å². The van der Waals surface area contributed by atoms with Gasteiger partial charge in [0.25, 0.3) is 5.56 Å². The Kier molecular flexibility index (Phi) is 20.1. The SMILES string of the molecule is COC(=O)[C@H](CC(C)C)NP(=O)(OC[C@H]1O[C@@H](n2ccc(=O)[nH]c2=O)C(F)(F)[C@@H]1O)Oc1ccccc1.COC(=O)[C@H](CC(C)C)NP(=O)(OC[C@H]1O[C@@H](n2ccc(N)nc2=O)C(F)(F)[C@@H]1O)Oc1ccccc1. The van der Waals surface area contributed by atoms with Crippen LogP contribution in [0, 0.1) is 11.8 Å². The molecule has 74 heavy (non-hydrogen) atoms. The zero-order valence-electron chi connectivity index (χ0n) is 40.5. The lowest BCUT2D eigenvalue weighted by Crippen LogP contribution is -2.43. The van der Waals surface area contributed by atoms with Crippen LogP contribution in [0.3, 0.4) is 0 Å². The molecule has 4 aromatic rings. The van der Waals surface area contributed by atoms with Crippen LogP contribution < -0.4 is 41.9 Å². The number of nitrogens with two attached hydrogens (primary N) is 1. The van der Waals surface area contributed by atoms with Crippen LogP contribution >= 0.6 is 15.5 Å². The highest BCUT2D eigenvalue weighted by Crippen LogP contribution is 2.50. The predicted molar refractivity (Wildman–Crippen MR) is 252 cm³/mol. The van der Waals surface area contributed by atoms with Crippen molar-refractivity contribution in [3.63, 3.8) is 0 Å². The zero-order chi connectivity index (χ0) is 54.8. The minimum Gasteiger partial charge on any atom is -0.468 e. The van der Waals surface area contributed by atoms with E-state index in [4.69, 9.17) is 42.8 Å². The van der Waals surface area contributed by atoms with Crippen molar-refractivity contribution in [3.05, 3.63) is 117 Å². The summed E-state index contributed by atoms with van der Waals surface area (Å²) >= 11 is 0. The average molecular weight is 1090 g/mol. The molecule has 4 heterocycles. The molecule has 0 spiro atoms. The van der Waals surface area contributed by atoms with Crippen LogP contribution in [0.25, 0.3) is 0 Å². The highest BCUT2D eigenvalue weighted by Gasteiger charge is 2.61. The fourth-order valence-corrected chi connectivity index (χ4v) is 10.2. The second kappa shape index (κ2) is 25.2. The molecule has 2 aliphatic rings. The molecule has 30 heteroatoms. The van der Waals surface area contributed by atoms with Crippen LogP contribution in [-0.2, 0) is 46.7 Å². The summed E-state index contributed by atoms with van der Waals surface area (Å²) in [6.07, 6.45) is -10.8. The van der Waals surface area contributed by atoms with Crippen molar-refractivity contribution in [2.45, 2.75) is 101 Å². The van der Waals surface area contributed by atoms with Crippen molar-refractivity contribution >= 4 is 33.2 Å². The molecular weight excluding hydrogens is 1040 g/mol. The summed E-state index contributed by atoms with van der Waals surface area (Å²) in [6.45, 7) is 5.53. The number of ether oxygens (including phenoxy) is 4. The number of nitrogens with one attached hydrogen (secondary N) is 3. The number of alkyl halides is 4. The number of aliphatic hydroxyl groups is 2. The summed E-state index contributed by atoms with van der Waals surface area (Å²) in [7, 11) is -6.59. The Bertz CT molecular complexity index is 2790. The number of nitrogens with zero attached hydrogens (tertiary/aromatic N) is 3. The number of benzene rings is 2. The van der Waals surface area contributed by atoms with Crippen molar-refractivity contribution in [3.8, 4) is 11.5 Å². The highest BCUT2D eigenvalue weighted by atomic mass is 31.2. The van der Waals surface area contributed by atoms with Gasteiger partial charge < -0.3 is 43.9 Å². The Hall–Kier alpha value is -5.80. The monoisotopic (exact) mass is 1090 g/mol. The molecule has 2 saturated heterocycles. The van der Waals surface area contributed by atoms with Gasteiger partial charge in [0.1, 0.15) is 41.6 Å². The van der Waals surface area contributed by atoms with Gasteiger partial charge in [0.2, 0.25) is 12.5 Å². The van der Waals surface area contributed by atoms with Crippen molar-refractivity contribution in [2.75, 3.05) is 33.2 Å². The van der Waals surface area contributed by atoms with Crippen LogP contribution in [0.5, 0.6) is 11.5 Å². The largest absolute Gasteiger partial charge is 0.468 e. The number of carbonyl (C=O) groups excluding carboxylic acids is 2. The van der Waals surface area contributed by atoms with Gasteiger partial charge in [-0.1, -0.05) is 64.1 Å². The smallest absolute Gasteiger partial charge is 0.459 e. The fourth-order valence-electron chi connectivity index (χ4n) is 7.20. The lowest BCUT2D eigenvalue weighted by Gasteiger charge is -2.26. The first-order valence-corrected chi connectivity index (χ1v) is 25.6. The summed E-state index contributed by atoms with van der Waals surface area (Å²) in [5.41, 5.74) is 2.29. The van der Waals surface area contributed by atoms with Gasteiger partial charge in [0.15, 0.2) is 12.2 Å². The van der Waals surface area contributed by atoms with E-state index in [0.717, 1.165) is 38.7 Å². The number of nitrogen functional groups attached to an aromatic ring is 1. The first kappa shape index (κ1) is 59.1. The molecular formula is C44H57F4N7O17P2. The van der Waals surface area contributed by atoms with E-state index in [1.165, 1.54) is 24.3 Å². The van der Waals surface area contributed by atoms with E-state index in [1.54, 1.807) is 36.4 Å². The quantitative estimate of drug-likeness (QED) is 0.0369. The Balaban J connectivity index is 0.000000274. The van der Waals surface area contributed by atoms with E-state index in [9.17, 15) is 60.9 Å². The number of anilines is 1. The van der Waals surface area contributed by atoms with Crippen LogP contribution in [0.4, 0.5) is 23.4 Å². The van der Waals surface area contributed by atoms with Gasteiger partial charge in [-0.25, -0.2) is 18.7 Å². The van der Waals surface area contributed by atoms with Crippen molar-refractivity contribution in [2.24, 2.45) is 11.8 Å². The van der Waals surface area contributed by atoms with Crippen LogP contribution in [0.2, 0.25) is 0 Å². The number of aliphatic hydroxyl groups excluding tert-OH is 2. The van der Waals surface area contributed by atoms with Crippen LogP contribution in [0.15, 0.2) is 99.6 Å². The molecule has 0 bridgehead atoms. The maximum atomic E-state index is 14.9. The summed E-state index contributed by atoms with van der Waals surface area (Å²) in [5.74, 6) is -9.51. The van der Waals surface area contributed by atoms with Crippen molar-refractivity contribution < 1.29 is 83.5 Å². The van der Waals surface area contributed by atoms with Crippen molar-refractivity contribution in [1.82, 2.24) is 29.3 Å². The third-order valence-electron chi connectivity index (χ3n) is 10.7. The van der Waals surface area contributed by atoms with Crippen molar-refractivity contribution in [1.29, 1.82) is 0 Å². The standard InChI is InChI=1S/C22H29F2N4O8P.C22H28F2N3O9P/c1-13(2)11-15(19(30)33-3)27-37(32,36-14-7-5-4-6-8-14)34-12-16-18(29)22(23,24)20(35-16)28-10-9-17(25)26-21(28)31;1-13(2)11-15(19(30)33-3)26-37(32,36-14-7-5-4-6-8-14)34-12-16-18(29)22(23,24)20(35-16)27-10-9-17(28)25-21(27)31/h4-10,13,15-16,18,20,29H,11-12H2,1-3H3,(H,27,32)(H2,25,26,31);4-10,13,15-16,18,20,29H,11-12H2,1-3H3,(H,26,32)(H,25,28,31)/t2*15-,16+,18+,20+,37?/m00/s1. The molecule has 2 unspecified atom stereocenters. The molecule has 2 aromatic heterocycles. The topological polar surface area (TPSA) is 322 Å². The Morgan fingerprint density at radius 1 is 0.716 bits per heavy atom. The summed E-state index contributed by atoms with van der Waals surface area (Å²) in [4.78, 5) is 65.2. The summed E-state index contributed by atoms with van der Waals surface area (Å²) in [6, 6.07) is 15.3. The number of esters is 2. The first-order chi connectivity index (χ1) is 34.7. The number of halogens is 4. The van der Waals surface area contributed by atoms with E-state index in [2.05, 4.69) is 15.2 Å². The van der Waals surface area contributed by atoms with Gasteiger partial charge in [0, 0.05) is 18.5 Å². The molecule has 2 fully saturated rings. The molecule has 2 aromatic carbocycles. The third kappa shape index (κ3) is 15.2. The van der Waals surface area contributed by atoms with E-state index < -0.39 is 118 Å². The van der Waals surface area contributed by atoms with Crippen LogP contribution in [-0.4, -0.2) is 117 Å². The number of aromatic nitrogens is 4. The van der Waals surface area contributed by atoms with Gasteiger partial charge in [0.05, 0.1) is 27.4 Å². The second-order valence-electron chi connectivity index (χ2n) is 17.4. The van der Waals surface area contributed by atoms with E-state index in [-0.39, 0.29) is 42.0 Å². The molecule has 7 N–H and O–H groups in total. The fraction of sp³-hybridized carbons (Fsp3) is 0.500. The molecule has 6 rings (SSSR count). The molecule has 0 amide bonds. The maximum Gasteiger partial charge on any atom is 0.459 e. The van der Waals surface area contributed by atoms with E-state index >= 15 is 0 Å². The zero-order valence-corrected chi connectivity index (χ0v) is 42.3. The summed E-state index contributed by atoms with van der Waals surface area (Å²) in [5, 5.41) is 25.5. The summed E-state index contributed by atoms with van der Waals surface area (Å²) < 4.78 is 129. The Morgan fingerprint density at radius 2 is 1.12 bits per heavy atom. The van der Waals surface area contributed by atoms with Gasteiger partial charge in [-0.05, 0) is 55.0 Å². The molecule has 408 valence electrons. The van der Waals surface area contributed by atoms with E-state index in [0.29, 0.717) is 9.13 Å². The van der Waals surface area contributed by atoms with Gasteiger partial charge in [-0.2, -0.15) is 32.7 Å². The minimum absolute atomic E-state index is 0.0342. The van der Waals surface area contributed by atoms with Gasteiger partial charge in [-0.3, -0.25) is 37.5 Å². The number of hydrogen-bond donors (Lipinski definition) is 6. The molecule has 0 aliphatic carbocycles. The second-order valence-corrected chi connectivity index (χ2v) is 20.8. The minimum atomic E-state index is -4.45. The average Bonchev–Trinajstić information content (AvgIpc) is 3.70. The normalized spacial score (nSPS) is 23.4. The van der Waals surface area contributed by atoms with E-state index in [1.807, 2.05) is 32.7 Å². The predicted octanol–water partition coefficient (Wildman–Crippen LogP) is 3.91. The number of rotatable bonds is 22. The number of methoxy groups -OCH3 is 2. The Morgan fingerprint density at radius 3 is 1.50 bits per heavy atom. The number of carbonyl (C=O) groups is 2. The molecule has 2 aliphatic heterocycles. The molecule has 10 atom stereocenters. The first-order valence-electron chi connectivity index (χ1n) is 22.5. The number of H-pyrrole nitrogens is 1. The lowest BCUT2D eigenvalue weighted by molar-refractivity contribution is -0.144. The number of aromatic amines is 1.